The molecule has 3 rings (SSSR count). The largest absolute Gasteiger partial charge is 0.355 e. The van der Waals surface area contributed by atoms with Gasteiger partial charge in [0.25, 0.3) is 0 Å². The maximum atomic E-state index is 12.3. The predicted octanol–water partition coefficient (Wildman–Crippen LogP) is 2.34. The number of rotatable bonds is 7. The quantitative estimate of drug-likeness (QED) is 0.652. The van der Waals surface area contributed by atoms with E-state index in [0.717, 1.165) is 27.6 Å². The molecule has 2 amide bonds. The second-order valence-electron chi connectivity index (χ2n) is 5.75. The average molecular weight is 333 g/mol. The zero-order valence-electron chi connectivity index (χ0n) is 13.7. The topological polar surface area (TPSA) is 71.1 Å². The standard InChI is InChI=1S/C20H19N3O2/c24-14-21-11-15-8-9-18(22-12-15)13-23-20(25)10-17-6-3-5-16-4-1-2-7-19(16)17/h1-9,12,14H,10-11,13H2,(H,21,24)(H,23,25). The first-order valence-electron chi connectivity index (χ1n) is 8.10. The van der Waals surface area contributed by atoms with Crippen molar-refractivity contribution in [3.63, 3.8) is 0 Å². The Morgan fingerprint density at radius 3 is 2.64 bits per heavy atom. The number of hydrogen-bond acceptors (Lipinski definition) is 3. The Bertz CT molecular complexity index is 870. The molecule has 5 nitrogen and oxygen atoms in total. The highest BCUT2D eigenvalue weighted by Gasteiger charge is 2.07. The molecule has 0 unspecified atom stereocenters. The van der Waals surface area contributed by atoms with Crippen LogP contribution >= 0.6 is 0 Å². The van der Waals surface area contributed by atoms with Gasteiger partial charge in [-0.3, -0.25) is 14.6 Å². The van der Waals surface area contributed by atoms with E-state index in [1.54, 1.807) is 6.20 Å². The van der Waals surface area contributed by atoms with Crippen molar-refractivity contribution in [1.82, 2.24) is 15.6 Å². The van der Waals surface area contributed by atoms with Gasteiger partial charge in [-0.2, -0.15) is 0 Å². The Morgan fingerprint density at radius 2 is 1.84 bits per heavy atom. The SMILES string of the molecule is O=CNCc1ccc(CNC(=O)Cc2cccc3ccccc23)nc1. The number of benzene rings is 2. The van der Waals surface area contributed by atoms with Crippen LogP contribution in [0.4, 0.5) is 0 Å². The Hall–Kier alpha value is -3.21. The van der Waals surface area contributed by atoms with Gasteiger partial charge in [0.05, 0.1) is 18.7 Å². The fourth-order valence-corrected chi connectivity index (χ4v) is 2.70. The zero-order chi connectivity index (χ0) is 17.5. The fraction of sp³-hybridized carbons (Fsp3) is 0.150. The number of carbonyl (C=O) groups is 2. The van der Waals surface area contributed by atoms with Gasteiger partial charge in [0.2, 0.25) is 12.3 Å². The van der Waals surface area contributed by atoms with Crippen LogP contribution in [0, 0.1) is 0 Å². The summed E-state index contributed by atoms with van der Waals surface area (Å²) in [7, 11) is 0. The van der Waals surface area contributed by atoms with Gasteiger partial charge in [-0.15, -0.1) is 0 Å². The molecule has 0 saturated heterocycles. The van der Waals surface area contributed by atoms with Crippen LogP contribution in [0.5, 0.6) is 0 Å². The second kappa shape index (κ2) is 8.06. The first kappa shape index (κ1) is 16.6. The van der Waals surface area contributed by atoms with E-state index in [2.05, 4.69) is 15.6 Å². The molecule has 1 heterocycles. The first-order chi connectivity index (χ1) is 12.3. The van der Waals surface area contributed by atoms with Gasteiger partial charge in [-0.05, 0) is 28.0 Å². The van der Waals surface area contributed by atoms with Crippen molar-refractivity contribution in [3.05, 3.63) is 77.6 Å². The third kappa shape index (κ3) is 4.41. The van der Waals surface area contributed by atoms with Gasteiger partial charge in [-0.25, -0.2) is 0 Å². The summed E-state index contributed by atoms with van der Waals surface area (Å²) in [6, 6.07) is 17.8. The number of nitrogens with zero attached hydrogens (tertiary/aromatic N) is 1. The van der Waals surface area contributed by atoms with E-state index >= 15 is 0 Å². The van der Waals surface area contributed by atoms with Crippen molar-refractivity contribution in [2.24, 2.45) is 0 Å². The van der Waals surface area contributed by atoms with Crippen molar-refractivity contribution >= 4 is 23.1 Å². The van der Waals surface area contributed by atoms with Gasteiger partial charge < -0.3 is 10.6 Å². The maximum absolute atomic E-state index is 12.3. The van der Waals surface area contributed by atoms with Crippen molar-refractivity contribution in [3.8, 4) is 0 Å². The number of carbonyl (C=O) groups excluding carboxylic acids is 2. The summed E-state index contributed by atoms with van der Waals surface area (Å²) in [5, 5.41) is 7.72. The molecule has 0 bridgehead atoms. The molecule has 0 aliphatic carbocycles. The van der Waals surface area contributed by atoms with Gasteiger partial charge in [-0.1, -0.05) is 48.5 Å². The Labute approximate surface area is 146 Å². The van der Waals surface area contributed by atoms with Crippen molar-refractivity contribution in [1.29, 1.82) is 0 Å². The molecular weight excluding hydrogens is 314 g/mol. The van der Waals surface area contributed by atoms with E-state index < -0.39 is 0 Å². The third-order valence-electron chi connectivity index (χ3n) is 3.97. The van der Waals surface area contributed by atoms with Crippen LogP contribution in [0.2, 0.25) is 0 Å². The summed E-state index contributed by atoms with van der Waals surface area (Å²) in [4.78, 5) is 26.8. The minimum atomic E-state index is -0.0372. The van der Waals surface area contributed by atoms with E-state index in [4.69, 9.17) is 0 Å². The lowest BCUT2D eigenvalue weighted by Crippen LogP contribution is -2.25. The molecule has 3 aromatic rings. The summed E-state index contributed by atoms with van der Waals surface area (Å²) in [6.07, 6.45) is 2.69. The van der Waals surface area contributed by atoms with Gasteiger partial charge >= 0.3 is 0 Å². The molecule has 5 heteroatoms. The highest BCUT2D eigenvalue weighted by atomic mass is 16.1. The van der Waals surface area contributed by atoms with Crippen molar-refractivity contribution in [2.45, 2.75) is 19.5 Å². The lowest BCUT2D eigenvalue weighted by atomic mass is 10.0. The van der Waals surface area contributed by atoms with Gasteiger partial charge in [0, 0.05) is 12.7 Å². The number of fused-ring (bicyclic) bond motifs is 1. The van der Waals surface area contributed by atoms with Gasteiger partial charge in [0.15, 0.2) is 0 Å². The molecule has 2 aromatic carbocycles. The molecule has 0 aliphatic heterocycles. The first-order valence-corrected chi connectivity index (χ1v) is 8.10. The molecule has 0 aliphatic rings. The third-order valence-corrected chi connectivity index (χ3v) is 3.97. The van der Waals surface area contributed by atoms with Crippen LogP contribution in [-0.4, -0.2) is 17.3 Å². The van der Waals surface area contributed by atoms with Crippen LogP contribution in [-0.2, 0) is 29.1 Å². The Morgan fingerprint density at radius 1 is 1.00 bits per heavy atom. The van der Waals surface area contributed by atoms with Crippen molar-refractivity contribution < 1.29 is 9.59 Å². The highest BCUT2D eigenvalue weighted by Crippen LogP contribution is 2.18. The molecule has 1 aromatic heterocycles. The molecule has 0 fully saturated rings. The summed E-state index contributed by atoms with van der Waals surface area (Å²) < 4.78 is 0. The number of hydrogen-bond donors (Lipinski definition) is 2. The number of pyridine rings is 1. The van der Waals surface area contributed by atoms with Crippen LogP contribution in [0.3, 0.4) is 0 Å². The molecule has 0 spiro atoms. The smallest absolute Gasteiger partial charge is 0.224 e. The van der Waals surface area contributed by atoms with E-state index in [0.29, 0.717) is 25.9 Å². The monoisotopic (exact) mass is 333 g/mol. The van der Waals surface area contributed by atoms with Crippen LogP contribution < -0.4 is 10.6 Å². The minimum absolute atomic E-state index is 0.0372. The molecule has 25 heavy (non-hydrogen) atoms. The zero-order valence-corrected chi connectivity index (χ0v) is 13.7. The van der Waals surface area contributed by atoms with E-state index in [9.17, 15) is 9.59 Å². The molecular formula is C20H19N3O2. The highest BCUT2D eigenvalue weighted by molar-refractivity contribution is 5.90. The molecule has 2 N–H and O–H groups in total. The summed E-state index contributed by atoms with van der Waals surface area (Å²) in [6.45, 7) is 0.829. The second-order valence-corrected chi connectivity index (χ2v) is 5.75. The van der Waals surface area contributed by atoms with Crippen LogP contribution in [0.15, 0.2) is 60.8 Å². The Balaban J connectivity index is 1.58. The normalized spacial score (nSPS) is 10.4. The molecule has 0 saturated carbocycles. The summed E-state index contributed by atoms with van der Waals surface area (Å²) in [5.41, 5.74) is 2.71. The molecule has 126 valence electrons. The Kier molecular flexibility index (Phi) is 5.36. The molecule has 0 radical (unpaired) electrons. The maximum Gasteiger partial charge on any atom is 0.224 e. The van der Waals surface area contributed by atoms with Crippen LogP contribution in [0.25, 0.3) is 10.8 Å². The van der Waals surface area contributed by atoms with E-state index in [-0.39, 0.29) is 5.91 Å². The average Bonchev–Trinajstić information content (AvgIpc) is 2.66. The van der Waals surface area contributed by atoms with E-state index in [1.807, 2.05) is 54.6 Å². The summed E-state index contributed by atoms with van der Waals surface area (Å²) in [5.74, 6) is -0.0372. The summed E-state index contributed by atoms with van der Waals surface area (Å²) >= 11 is 0. The molecule has 0 atom stereocenters. The van der Waals surface area contributed by atoms with Crippen LogP contribution in [0.1, 0.15) is 16.8 Å². The lowest BCUT2D eigenvalue weighted by Gasteiger charge is -2.08. The number of nitrogens with one attached hydrogen (secondary N) is 2. The lowest BCUT2D eigenvalue weighted by molar-refractivity contribution is -0.120. The number of amides is 2. The fourth-order valence-electron chi connectivity index (χ4n) is 2.70. The van der Waals surface area contributed by atoms with Crippen molar-refractivity contribution in [2.75, 3.05) is 0 Å². The minimum Gasteiger partial charge on any atom is -0.355 e. The van der Waals surface area contributed by atoms with E-state index in [1.165, 1.54) is 0 Å². The van der Waals surface area contributed by atoms with Gasteiger partial charge in [0.1, 0.15) is 0 Å². The number of aromatic nitrogens is 1. The predicted molar refractivity (Wildman–Crippen MR) is 96.6 cm³/mol.